The molecule has 1 atom stereocenters. The molecule has 0 aliphatic carbocycles. The van der Waals surface area contributed by atoms with Gasteiger partial charge in [0, 0.05) is 57.9 Å². The lowest BCUT2D eigenvalue weighted by atomic mass is 10.1. The summed E-state index contributed by atoms with van der Waals surface area (Å²) < 4.78 is 34.6. The SMILES string of the molecule is CN=C(NCCN1CCS(=O)(=O)CC1)NCc1ccc(C)cc1OCC1CCOC1.I. The summed E-state index contributed by atoms with van der Waals surface area (Å²) in [5.41, 5.74) is 2.26. The summed E-state index contributed by atoms with van der Waals surface area (Å²) in [4.78, 5) is 6.45. The molecule has 0 amide bonds. The van der Waals surface area contributed by atoms with Crippen LogP contribution in [0.4, 0.5) is 0 Å². The van der Waals surface area contributed by atoms with E-state index < -0.39 is 9.84 Å². The van der Waals surface area contributed by atoms with Gasteiger partial charge in [-0.2, -0.15) is 0 Å². The summed E-state index contributed by atoms with van der Waals surface area (Å²) in [6.45, 7) is 7.66. The molecule has 2 fully saturated rings. The smallest absolute Gasteiger partial charge is 0.191 e. The molecule has 2 saturated heterocycles. The van der Waals surface area contributed by atoms with Crippen LogP contribution in [0.15, 0.2) is 23.2 Å². The lowest BCUT2D eigenvalue weighted by molar-refractivity contribution is 0.166. The summed E-state index contributed by atoms with van der Waals surface area (Å²) in [6.07, 6.45) is 1.05. The molecule has 3 rings (SSSR count). The normalized spacial score (nSPS) is 21.4. The van der Waals surface area contributed by atoms with Gasteiger partial charge in [0.15, 0.2) is 15.8 Å². The van der Waals surface area contributed by atoms with Crippen molar-refractivity contribution in [1.82, 2.24) is 15.5 Å². The Labute approximate surface area is 203 Å². The Kier molecular flexibility index (Phi) is 10.8. The van der Waals surface area contributed by atoms with Gasteiger partial charge >= 0.3 is 0 Å². The number of guanidine groups is 1. The molecule has 2 aliphatic rings. The lowest BCUT2D eigenvalue weighted by Crippen LogP contribution is -2.45. The van der Waals surface area contributed by atoms with E-state index in [1.54, 1.807) is 7.05 Å². The minimum absolute atomic E-state index is 0. The zero-order valence-corrected chi connectivity index (χ0v) is 21.6. The third-order valence-corrected chi connectivity index (χ3v) is 7.16. The predicted molar refractivity (Wildman–Crippen MR) is 134 cm³/mol. The number of hydrogen-bond donors (Lipinski definition) is 2. The van der Waals surface area contributed by atoms with E-state index >= 15 is 0 Å². The van der Waals surface area contributed by atoms with Crippen molar-refractivity contribution in [3.63, 3.8) is 0 Å². The van der Waals surface area contributed by atoms with Crippen LogP contribution in [0, 0.1) is 12.8 Å². The zero-order valence-electron chi connectivity index (χ0n) is 18.4. The lowest BCUT2D eigenvalue weighted by Gasteiger charge is -2.26. The van der Waals surface area contributed by atoms with Gasteiger partial charge in [0.2, 0.25) is 0 Å². The molecule has 2 aliphatic heterocycles. The second-order valence-electron chi connectivity index (χ2n) is 8.00. The molecule has 1 aromatic carbocycles. The zero-order chi connectivity index (χ0) is 21.4. The van der Waals surface area contributed by atoms with Crippen LogP contribution in [0.25, 0.3) is 0 Å². The van der Waals surface area contributed by atoms with Crippen LogP contribution in [0.2, 0.25) is 0 Å². The molecule has 176 valence electrons. The van der Waals surface area contributed by atoms with Gasteiger partial charge in [-0.1, -0.05) is 12.1 Å². The van der Waals surface area contributed by atoms with Crippen molar-refractivity contribution in [2.75, 3.05) is 64.6 Å². The van der Waals surface area contributed by atoms with Crippen LogP contribution in [-0.4, -0.2) is 83.8 Å². The summed E-state index contributed by atoms with van der Waals surface area (Å²) in [5, 5.41) is 6.65. The van der Waals surface area contributed by atoms with Crippen LogP contribution in [-0.2, 0) is 21.1 Å². The Morgan fingerprint density at radius 1 is 1.29 bits per heavy atom. The standard InChI is InChI=1S/C21H34N4O4S.HI/c1-17-3-4-19(20(13-17)29-16-18-5-10-28-15-18)14-24-21(22-2)23-6-7-25-8-11-30(26,27)12-9-25;/h3-4,13,18H,5-12,14-16H2,1-2H3,(H2,22,23,24);1H. The van der Waals surface area contributed by atoms with Crippen LogP contribution < -0.4 is 15.4 Å². The van der Waals surface area contributed by atoms with E-state index in [0.717, 1.165) is 43.5 Å². The highest BCUT2D eigenvalue weighted by atomic mass is 127. The number of aryl methyl sites for hydroxylation is 1. The van der Waals surface area contributed by atoms with Crippen LogP contribution in [0.1, 0.15) is 17.5 Å². The highest BCUT2D eigenvalue weighted by Gasteiger charge is 2.21. The molecule has 2 N–H and O–H groups in total. The van der Waals surface area contributed by atoms with E-state index in [1.807, 2.05) is 0 Å². The maximum absolute atomic E-state index is 11.5. The second-order valence-corrected chi connectivity index (χ2v) is 10.3. The van der Waals surface area contributed by atoms with Crippen molar-refractivity contribution in [3.8, 4) is 5.75 Å². The number of nitrogens with zero attached hydrogens (tertiary/aromatic N) is 2. The molecule has 2 heterocycles. The fourth-order valence-corrected chi connectivity index (χ4v) is 4.85. The Balaban J connectivity index is 0.00000341. The highest BCUT2D eigenvalue weighted by Crippen LogP contribution is 2.22. The topological polar surface area (TPSA) is 92.3 Å². The van der Waals surface area contributed by atoms with Crippen LogP contribution in [0.3, 0.4) is 0 Å². The van der Waals surface area contributed by atoms with Gasteiger partial charge in [-0.15, -0.1) is 24.0 Å². The number of ether oxygens (including phenoxy) is 2. The van der Waals surface area contributed by atoms with E-state index in [4.69, 9.17) is 9.47 Å². The molecule has 0 aromatic heterocycles. The van der Waals surface area contributed by atoms with Crippen molar-refractivity contribution < 1.29 is 17.9 Å². The largest absolute Gasteiger partial charge is 0.493 e. The summed E-state index contributed by atoms with van der Waals surface area (Å²) in [6, 6.07) is 6.25. The first-order chi connectivity index (χ1) is 14.4. The minimum atomic E-state index is -2.84. The van der Waals surface area contributed by atoms with Crippen molar-refractivity contribution >= 4 is 39.8 Å². The molecular formula is C21H35IN4O4S. The van der Waals surface area contributed by atoms with Gasteiger partial charge in [-0.3, -0.25) is 9.89 Å². The number of aliphatic imine (C=N–C) groups is 1. The van der Waals surface area contributed by atoms with Crippen molar-refractivity contribution in [2.45, 2.75) is 19.9 Å². The van der Waals surface area contributed by atoms with Crippen LogP contribution in [0.5, 0.6) is 5.75 Å². The monoisotopic (exact) mass is 566 g/mol. The van der Waals surface area contributed by atoms with E-state index in [1.165, 1.54) is 5.56 Å². The molecule has 10 heteroatoms. The predicted octanol–water partition coefficient (Wildman–Crippen LogP) is 1.42. The summed E-state index contributed by atoms with van der Waals surface area (Å²) >= 11 is 0. The van der Waals surface area contributed by atoms with Gasteiger partial charge in [0.1, 0.15) is 5.75 Å². The molecule has 0 bridgehead atoms. The molecule has 0 spiro atoms. The molecular weight excluding hydrogens is 531 g/mol. The van der Waals surface area contributed by atoms with E-state index in [9.17, 15) is 8.42 Å². The number of sulfone groups is 1. The van der Waals surface area contributed by atoms with Gasteiger partial charge in [-0.05, 0) is 25.0 Å². The molecule has 1 aromatic rings. The van der Waals surface area contributed by atoms with E-state index in [-0.39, 0.29) is 35.5 Å². The molecule has 31 heavy (non-hydrogen) atoms. The molecule has 0 radical (unpaired) electrons. The number of nitrogens with one attached hydrogen (secondary N) is 2. The Morgan fingerprint density at radius 3 is 2.74 bits per heavy atom. The second kappa shape index (κ2) is 12.8. The maximum atomic E-state index is 11.5. The summed E-state index contributed by atoms with van der Waals surface area (Å²) in [7, 11) is -1.09. The van der Waals surface area contributed by atoms with Gasteiger partial charge in [-0.25, -0.2) is 8.42 Å². The molecule has 0 saturated carbocycles. The Hall–Kier alpha value is -1.11. The summed E-state index contributed by atoms with van der Waals surface area (Å²) in [5.74, 6) is 2.59. The third kappa shape index (κ3) is 8.74. The van der Waals surface area contributed by atoms with Crippen molar-refractivity contribution in [1.29, 1.82) is 0 Å². The van der Waals surface area contributed by atoms with E-state index in [2.05, 4.69) is 45.6 Å². The van der Waals surface area contributed by atoms with Gasteiger partial charge in [0.05, 0.1) is 24.7 Å². The fourth-order valence-electron chi connectivity index (χ4n) is 3.57. The first-order valence-corrected chi connectivity index (χ1v) is 12.4. The third-order valence-electron chi connectivity index (χ3n) is 5.55. The van der Waals surface area contributed by atoms with Gasteiger partial charge < -0.3 is 20.1 Å². The number of halogens is 1. The Morgan fingerprint density at radius 2 is 2.06 bits per heavy atom. The molecule has 8 nitrogen and oxygen atoms in total. The van der Waals surface area contributed by atoms with Gasteiger partial charge in [0.25, 0.3) is 0 Å². The average molecular weight is 567 g/mol. The molecule has 1 unspecified atom stereocenters. The number of benzene rings is 1. The van der Waals surface area contributed by atoms with Crippen molar-refractivity contribution in [2.24, 2.45) is 10.9 Å². The maximum Gasteiger partial charge on any atom is 0.191 e. The Bertz CT molecular complexity index is 815. The quantitative estimate of drug-likeness (QED) is 0.280. The first-order valence-electron chi connectivity index (χ1n) is 10.6. The highest BCUT2D eigenvalue weighted by molar-refractivity contribution is 14.0. The van der Waals surface area contributed by atoms with Crippen molar-refractivity contribution in [3.05, 3.63) is 29.3 Å². The van der Waals surface area contributed by atoms with E-state index in [0.29, 0.717) is 38.7 Å². The van der Waals surface area contributed by atoms with Crippen LogP contribution >= 0.6 is 24.0 Å². The fraction of sp³-hybridized carbons (Fsp3) is 0.667. The number of rotatable bonds is 8. The first kappa shape index (κ1) is 26.1. The average Bonchev–Trinajstić information content (AvgIpc) is 3.24. The minimum Gasteiger partial charge on any atom is -0.493 e. The number of hydrogen-bond acceptors (Lipinski definition) is 6.